The first kappa shape index (κ1) is 28.3. The zero-order valence-electron chi connectivity index (χ0n) is 22.8. The first-order valence-electron chi connectivity index (χ1n) is 14.6. The Kier molecular flexibility index (Phi) is 11.7. The van der Waals surface area contributed by atoms with Gasteiger partial charge in [-0.3, -0.25) is 4.79 Å². The fourth-order valence-electron chi connectivity index (χ4n) is 5.40. The van der Waals surface area contributed by atoms with Crippen LogP contribution < -0.4 is 15.6 Å². The zero-order chi connectivity index (χ0) is 26.4. The topological polar surface area (TPSA) is 77.6 Å². The molecule has 4 rings (SSSR count). The van der Waals surface area contributed by atoms with Gasteiger partial charge in [0.2, 0.25) is 5.56 Å². The number of hydrogen-bond acceptors (Lipinski definition) is 5. The lowest BCUT2D eigenvalue weighted by molar-refractivity contribution is 0.176. The van der Waals surface area contributed by atoms with Gasteiger partial charge in [-0.2, -0.15) is 0 Å². The van der Waals surface area contributed by atoms with E-state index in [4.69, 9.17) is 4.74 Å². The van der Waals surface area contributed by atoms with Crippen LogP contribution in [0.3, 0.4) is 0 Å². The largest absolute Gasteiger partial charge is 0.487 e. The highest BCUT2D eigenvalue weighted by molar-refractivity contribution is 5.87. The molecule has 0 radical (unpaired) electrons. The molecular formula is C32H45N3O3. The summed E-state index contributed by atoms with van der Waals surface area (Å²) in [6.07, 6.45) is 12.6. The Morgan fingerprint density at radius 2 is 1.61 bits per heavy atom. The van der Waals surface area contributed by atoms with Gasteiger partial charge in [0.25, 0.3) is 0 Å². The number of aromatic amines is 1. The summed E-state index contributed by atoms with van der Waals surface area (Å²) in [5.41, 5.74) is 2.29. The van der Waals surface area contributed by atoms with Crippen molar-refractivity contribution in [1.29, 1.82) is 0 Å². The van der Waals surface area contributed by atoms with E-state index >= 15 is 0 Å². The number of aromatic nitrogens is 1. The van der Waals surface area contributed by atoms with Gasteiger partial charge < -0.3 is 25.0 Å². The van der Waals surface area contributed by atoms with Gasteiger partial charge in [0.1, 0.15) is 12.4 Å². The van der Waals surface area contributed by atoms with Gasteiger partial charge in [-0.05, 0) is 75.1 Å². The number of aliphatic hydroxyl groups excluding tert-OH is 1. The summed E-state index contributed by atoms with van der Waals surface area (Å²) in [5, 5.41) is 15.1. The van der Waals surface area contributed by atoms with E-state index in [9.17, 15) is 9.90 Å². The summed E-state index contributed by atoms with van der Waals surface area (Å²) in [4.78, 5) is 17.6. The molecule has 206 valence electrons. The van der Waals surface area contributed by atoms with Crippen LogP contribution in [-0.4, -0.2) is 47.7 Å². The highest BCUT2D eigenvalue weighted by Gasteiger charge is 2.15. The molecule has 38 heavy (non-hydrogen) atoms. The number of nitrogens with one attached hydrogen (secondary N) is 2. The maximum atomic E-state index is 12.0. The molecular weight excluding hydrogens is 474 g/mol. The quantitative estimate of drug-likeness (QED) is 0.204. The van der Waals surface area contributed by atoms with Crippen LogP contribution in [0.1, 0.15) is 81.4 Å². The number of aliphatic hydroxyl groups is 1. The Morgan fingerprint density at radius 3 is 2.39 bits per heavy atom. The van der Waals surface area contributed by atoms with E-state index in [-0.39, 0.29) is 5.56 Å². The van der Waals surface area contributed by atoms with Crippen LogP contribution in [-0.2, 0) is 6.61 Å². The van der Waals surface area contributed by atoms with E-state index in [1.54, 1.807) is 6.07 Å². The summed E-state index contributed by atoms with van der Waals surface area (Å²) in [6.45, 7) is 5.71. The average Bonchev–Trinajstić information content (AvgIpc) is 2.95. The molecule has 3 N–H and O–H groups in total. The van der Waals surface area contributed by atoms with Crippen molar-refractivity contribution in [1.82, 2.24) is 15.2 Å². The molecule has 1 aliphatic rings. The highest BCUT2D eigenvalue weighted by atomic mass is 16.5. The maximum absolute atomic E-state index is 12.0. The Morgan fingerprint density at radius 1 is 0.868 bits per heavy atom. The third-order valence-electron chi connectivity index (χ3n) is 7.60. The fraction of sp³-hybridized carbons (Fsp3) is 0.531. The normalized spacial score (nSPS) is 15.1. The number of pyridine rings is 1. The second-order valence-corrected chi connectivity index (χ2v) is 10.6. The Hall–Kier alpha value is -2.67. The number of hydrogen-bond donors (Lipinski definition) is 3. The van der Waals surface area contributed by atoms with Gasteiger partial charge in [0.15, 0.2) is 0 Å². The van der Waals surface area contributed by atoms with Crippen LogP contribution in [0.2, 0.25) is 0 Å². The molecule has 0 spiro atoms. The van der Waals surface area contributed by atoms with Crippen LogP contribution in [0.25, 0.3) is 10.9 Å². The predicted octanol–water partition coefficient (Wildman–Crippen LogP) is 5.95. The average molecular weight is 520 g/mol. The second kappa shape index (κ2) is 15.7. The fourth-order valence-corrected chi connectivity index (χ4v) is 5.40. The van der Waals surface area contributed by atoms with Gasteiger partial charge in [-0.15, -0.1) is 0 Å². The molecule has 6 heteroatoms. The molecule has 2 aromatic carbocycles. The van der Waals surface area contributed by atoms with Crippen molar-refractivity contribution in [3.63, 3.8) is 0 Å². The van der Waals surface area contributed by atoms with E-state index in [0.717, 1.165) is 29.5 Å². The number of nitrogens with zero attached hydrogens (tertiary/aromatic N) is 1. The van der Waals surface area contributed by atoms with Gasteiger partial charge in [0.05, 0.1) is 11.6 Å². The molecule has 1 aliphatic heterocycles. The summed E-state index contributed by atoms with van der Waals surface area (Å²) < 4.78 is 6.02. The molecule has 1 saturated heterocycles. The summed E-state index contributed by atoms with van der Waals surface area (Å²) in [7, 11) is 0. The van der Waals surface area contributed by atoms with E-state index in [1.807, 2.05) is 42.5 Å². The Bertz CT molecular complexity index is 1140. The number of piperidine rings is 1. The molecule has 1 aromatic heterocycles. The van der Waals surface area contributed by atoms with Gasteiger partial charge in [0, 0.05) is 18.0 Å². The molecule has 0 amide bonds. The van der Waals surface area contributed by atoms with E-state index < -0.39 is 6.10 Å². The monoisotopic (exact) mass is 519 g/mol. The standard InChI is InChI=1S/C32H45N3O3/c36-29(24-33-20-10-4-2-1-3-5-11-21-35-22-12-7-13-23-35)27-16-18-30(32-28(27)17-19-31(37)34-32)38-25-26-14-8-6-9-15-26/h6,8-9,14-19,29,33,36H,1-5,7,10-13,20-25H2,(H,34,37). The third-order valence-corrected chi connectivity index (χ3v) is 7.60. The lowest BCUT2D eigenvalue weighted by Gasteiger charge is -2.26. The number of unbranched alkanes of at least 4 members (excludes halogenated alkanes) is 6. The molecule has 0 saturated carbocycles. The first-order chi connectivity index (χ1) is 18.7. The minimum atomic E-state index is -0.661. The molecule has 1 atom stereocenters. The summed E-state index contributed by atoms with van der Waals surface area (Å²) in [6, 6.07) is 16.9. The van der Waals surface area contributed by atoms with E-state index in [1.165, 1.54) is 83.5 Å². The number of H-pyrrole nitrogens is 1. The Labute approximate surface area is 227 Å². The van der Waals surface area contributed by atoms with Crippen molar-refractivity contribution in [3.8, 4) is 5.75 Å². The van der Waals surface area contributed by atoms with Crippen LogP contribution in [0.5, 0.6) is 5.75 Å². The van der Waals surface area contributed by atoms with Crippen molar-refractivity contribution >= 4 is 10.9 Å². The van der Waals surface area contributed by atoms with Crippen LogP contribution in [0.15, 0.2) is 59.4 Å². The third kappa shape index (κ3) is 8.97. The lowest BCUT2D eigenvalue weighted by atomic mass is 10.0. The molecule has 3 aromatic rings. The minimum Gasteiger partial charge on any atom is -0.487 e. The van der Waals surface area contributed by atoms with Crippen LogP contribution >= 0.6 is 0 Å². The number of ether oxygens (including phenoxy) is 1. The maximum Gasteiger partial charge on any atom is 0.248 e. The first-order valence-corrected chi connectivity index (χ1v) is 14.6. The van der Waals surface area contributed by atoms with Crippen molar-refractivity contribution < 1.29 is 9.84 Å². The van der Waals surface area contributed by atoms with Crippen molar-refractivity contribution in [2.24, 2.45) is 0 Å². The Balaban J connectivity index is 1.15. The number of likely N-dealkylation sites (tertiary alicyclic amines) is 1. The SMILES string of the molecule is O=c1ccc2c(C(O)CNCCCCCCCCCN3CCCCC3)ccc(OCc3ccccc3)c2[nH]1. The molecule has 0 bridgehead atoms. The molecule has 2 heterocycles. The molecule has 0 aliphatic carbocycles. The molecule has 6 nitrogen and oxygen atoms in total. The van der Waals surface area contributed by atoms with E-state index in [0.29, 0.717) is 24.4 Å². The summed E-state index contributed by atoms with van der Waals surface area (Å²) >= 11 is 0. The predicted molar refractivity (Wildman–Crippen MR) is 156 cm³/mol. The zero-order valence-corrected chi connectivity index (χ0v) is 22.8. The van der Waals surface area contributed by atoms with Gasteiger partial charge in [-0.1, -0.05) is 74.9 Å². The number of fused-ring (bicyclic) bond motifs is 1. The van der Waals surface area contributed by atoms with Crippen LogP contribution in [0.4, 0.5) is 0 Å². The lowest BCUT2D eigenvalue weighted by Crippen LogP contribution is -2.30. The van der Waals surface area contributed by atoms with Crippen LogP contribution in [0, 0.1) is 0 Å². The van der Waals surface area contributed by atoms with Gasteiger partial charge in [-0.25, -0.2) is 0 Å². The minimum absolute atomic E-state index is 0.186. The highest BCUT2D eigenvalue weighted by Crippen LogP contribution is 2.30. The van der Waals surface area contributed by atoms with Gasteiger partial charge >= 0.3 is 0 Å². The molecule has 1 unspecified atom stereocenters. The summed E-state index contributed by atoms with van der Waals surface area (Å²) in [5.74, 6) is 0.608. The molecule has 1 fully saturated rings. The second-order valence-electron chi connectivity index (χ2n) is 10.6. The van der Waals surface area contributed by atoms with Crippen molar-refractivity contribution in [2.75, 3.05) is 32.7 Å². The van der Waals surface area contributed by atoms with E-state index in [2.05, 4.69) is 15.2 Å². The smallest absolute Gasteiger partial charge is 0.248 e. The van der Waals surface area contributed by atoms with Crippen molar-refractivity contribution in [2.45, 2.75) is 76.9 Å². The van der Waals surface area contributed by atoms with Crippen molar-refractivity contribution in [3.05, 3.63) is 76.1 Å². The number of benzene rings is 2. The number of rotatable bonds is 16.